The third-order valence-electron chi connectivity index (χ3n) is 4.82. The molecule has 3 heterocycles. The Morgan fingerprint density at radius 1 is 1.24 bits per heavy atom. The Labute approximate surface area is 146 Å². The molecule has 25 heavy (non-hydrogen) atoms. The number of nitrogens with one attached hydrogen (secondary N) is 1. The van der Waals surface area contributed by atoms with E-state index in [1.807, 2.05) is 6.07 Å². The van der Waals surface area contributed by atoms with E-state index < -0.39 is 0 Å². The van der Waals surface area contributed by atoms with Crippen molar-refractivity contribution in [1.82, 2.24) is 15.2 Å². The summed E-state index contributed by atoms with van der Waals surface area (Å²) in [6.45, 7) is 1.81. The van der Waals surface area contributed by atoms with E-state index in [-0.39, 0.29) is 5.92 Å². The number of nitriles is 1. The number of hydrogen-bond acceptors (Lipinski definition) is 7. The number of ether oxygens (including phenoxy) is 1. The molecule has 0 bridgehead atoms. The highest BCUT2D eigenvalue weighted by molar-refractivity contribution is 5.54. The highest BCUT2D eigenvalue weighted by Gasteiger charge is 2.22. The van der Waals surface area contributed by atoms with Gasteiger partial charge in [-0.3, -0.25) is 0 Å². The van der Waals surface area contributed by atoms with Crippen LogP contribution in [0.1, 0.15) is 60.2 Å². The van der Waals surface area contributed by atoms with Gasteiger partial charge in [0.25, 0.3) is 0 Å². The number of fused-ring (bicyclic) bond motifs is 1. The first kappa shape index (κ1) is 16.0. The molecule has 1 fully saturated rings. The van der Waals surface area contributed by atoms with Crippen molar-refractivity contribution in [2.24, 2.45) is 0 Å². The number of nitrogens with zero attached hydrogens (tertiary/aromatic N) is 4. The zero-order valence-corrected chi connectivity index (χ0v) is 14.1. The van der Waals surface area contributed by atoms with E-state index in [1.165, 1.54) is 12.0 Å². The summed E-state index contributed by atoms with van der Waals surface area (Å²) in [6.07, 6.45) is 6.34. The van der Waals surface area contributed by atoms with Crippen LogP contribution in [-0.4, -0.2) is 28.4 Å². The minimum Gasteiger partial charge on any atom is -0.423 e. The molecule has 2 aromatic rings. The molecule has 1 aliphatic carbocycles. The van der Waals surface area contributed by atoms with Gasteiger partial charge in [-0.05, 0) is 50.2 Å². The van der Waals surface area contributed by atoms with Gasteiger partial charge in [0, 0.05) is 12.3 Å². The molecule has 0 amide bonds. The first-order chi connectivity index (χ1) is 12.3. The molecule has 0 radical (unpaired) electrons. The molecular formula is C18H21N5O2. The van der Waals surface area contributed by atoms with Crippen LogP contribution in [0, 0.1) is 11.3 Å². The van der Waals surface area contributed by atoms with Crippen molar-refractivity contribution < 1.29 is 9.15 Å². The van der Waals surface area contributed by atoms with Crippen molar-refractivity contribution in [3.05, 3.63) is 34.7 Å². The fraction of sp³-hybridized carbons (Fsp3) is 0.556. The van der Waals surface area contributed by atoms with Crippen LogP contribution in [0.15, 0.2) is 10.5 Å². The fourth-order valence-electron chi connectivity index (χ4n) is 3.45. The first-order valence-electron chi connectivity index (χ1n) is 8.90. The van der Waals surface area contributed by atoms with Gasteiger partial charge in [0.2, 0.25) is 11.8 Å². The van der Waals surface area contributed by atoms with E-state index >= 15 is 0 Å². The normalized spacial score (nSPS) is 19.9. The Bertz CT molecular complexity index is 789. The number of hydrogen-bond donors (Lipinski definition) is 1. The number of pyridine rings is 1. The summed E-state index contributed by atoms with van der Waals surface area (Å²) in [6, 6.07) is 4.19. The molecule has 2 aliphatic rings. The average molecular weight is 339 g/mol. The van der Waals surface area contributed by atoms with Crippen LogP contribution in [-0.2, 0) is 24.1 Å². The van der Waals surface area contributed by atoms with Crippen molar-refractivity contribution >= 4 is 5.82 Å². The van der Waals surface area contributed by atoms with Crippen molar-refractivity contribution in [3.63, 3.8) is 0 Å². The van der Waals surface area contributed by atoms with E-state index in [9.17, 15) is 5.26 Å². The Kier molecular flexibility index (Phi) is 4.61. The SMILES string of the molecule is N#Cc1cc2c(nc1NCc1nnc(C3CCCOC3)o1)CCCC2. The minimum atomic E-state index is 0.187. The molecule has 1 N–H and O–H groups in total. The topological polar surface area (TPSA) is 96.9 Å². The lowest BCUT2D eigenvalue weighted by Crippen LogP contribution is -2.15. The minimum absolute atomic E-state index is 0.187. The number of aromatic nitrogens is 3. The lowest BCUT2D eigenvalue weighted by Gasteiger charge is -2.18. The van der Waals surface area contributed by atoms with Crippen molar-refractivity contribution in [1.29, 1.82) is 5.26 Å². The van der Waals surface area contributed by atoms with Gasteiger partial charge in [0.1, 0.15) is 11.9 Å². The molecule has 0 spiro atoms. The van der Waals surface area contributed by atoms with Gasteiger partial charge in [0.05, 0.1) is 24.6 Å². The van der Waals surface area contributed by atoms with Crippen LogP contribution in [0.3, 0.4) is 0 Å². The molecule has 0 saturated carbocycles. The molecule has 4 rings (SSSR count). The largest absolute Gasteiger partial charge is 0.423 e. The van der Waals surface area contributed by atoms with Crippen LogP contribution < -0.4 is 5.32 Å². The lowest BCUT2D eigenvalue weighted by atomic mass is 9.95. The van der Waals surface area contributed by atoms with Gasteiger partial charge < -0.3 is 14.5 Å². The molecule has 7 heteroatoms. The summed E-state index contributed by atoms with van der Waals surface area (Å²) in [5.41, 5.74) is 2.87. The van der Waals surface area contributed by atoms with Crippen molar-refractivity contribution in [3.8, 4) is 6.07 Å². The van der Waals surface area contributed by atoms with Gasteiger partial charge in [-0.1, -0.05) is 0 Å². The highest BCUT2D eigenvalue weighted by atomic mass is 16.5. The van der Waals surface area contributed by atoms with E-state index in [4.69, 9.17) is 9.15 Å². The van der Waals surface area contributed by atoms with Gasteiger partial charge in [-0.25, -0.2) is 4.98 Å². The van der Waals surface area contributed by atoms with Gasteiger partial charge in [-0.2, -0.15) is 5.26 Å². The second-order valence-corrected chi connectivity index (χ2v) is 6.61. The highest BCUT2D eigenvalue weighted by Crippen LogP contribution is 2.26. The zero-order chi connectivity index (χ0) is 17.1. The molecule has 1 aliphatic heterocycles. The van der Waals surface area contributed by atoms with Crippen molar-refractivity contribution in [2.45, 2.75) is 51.0 Å². The summed E-state index contributed by atoms with van der Waals surface area (Å²) in [5, 5.41) is 20.8. The summed E-state index contributed by atoms with van der Waals surface area (Å²) in [5.74, 6) is 1.93. The van der Waals surface area contributed by atoms with Gasteiger partial charge in [0.15, 0.2) is 0 Å². The predicted molar refractivity (Wildman–Crippen MR) is 90.0 cm³/mol. The zero-order valence-electron chi connectivity index (χ0n) is 14.1. The molecule has 1 unspecified atom stereocenters. The first-order valence-corrected chi connectivity index (χ1v) is 8.90. The van der Waals surface area contributed by atoms with E-state index in [1.54, 1.807) is 0 Å². The molecule has 1 saturated heterocycles. The number of anilines is 1. The summed E-state index contributed by atoms with van der Waals surface area (Å²) in [7, 11) is 0. The number of rotatable bonds is 4. The third kappa shape index (κ3) is 3.49. The summed E-state index contributed by atoms with van der Waals surface area (Å²) >= 11 is 0. The van der Waals surface area contributed by atoms with Crippen LogP contribution >= 0.6 is 0 Å². The second kappa shape index (κ2) is 7.19. The Hall–Kier alpha value is -2.46. The fourth-order valence-corrected chi connectivity index (χ4v) is 3.45. The van der Waals surface area contributed by atoms with Crippen LogP contribution in [0.4, 0.5) is 5.82 Å². The molecule has 7 nitrogen and oxygen atoms in total. The van der Waals surface area contributed by atoms with Crippen LogP contribution in [0.5, 0.6) is 0 Å². The Morgan fingerprint density at radius 3 is 3.00 bits per heavy atom. The smallest absolute Gasteiger partial charge is 0.235 e. The van der Waals surface area contributed by atoms with Crippen LogP contribution in [0.2, 0.25) is 0 Å². The summed E-state index contributed by atoms with van der Waals surface area (Å²) < 4.78 is 11.2. The molecule has 0 aromatic carbocycles. The standard InChI is InChI=1S/C18H21N5O2/c19-9-14-8-12-4-1-2-6-15(12)21-17(14)20-10-16-22-23-18(25-16)13-5-3-7-24-11-13/h8,13H,1-7,10-11H2,(H,20,21). The predicted octanol–water partition coefficient (Wildman–Crippen LogP) is 2.72. The third-order valence-corrected chi connectivity index (χ3v) is 4.82. The maximum atomic E-state index is 9.40. The Balaban J connectivity index is 1.46. The lowest BCUT2D eigenvalue weighted by molar-refractivity contribution is 0.0722. The maximum absolute atomic E-state index is 9.40. The van der Waals surface area contributed by atoms with E-state index in [0.29, 0.717) is 36.3 Å². The maximum Gasteiger partial charge on any atom is 0.235 e. The molecular weight excluding hydrogens is 318 g/mol. The number of aryl methyl sites for hydroxylation is 2. The average Bonchev–Trinajstić information content (AvgIpc) is 3.15. The quantitative estimate of drug-likeness (QED) is 0.914. The van der Waals surface area contributed by atoms with Crippen molar-refractivity contribution in [2.75, 3.05) is 18.5 Å². The molecule has 130 valence electrons. The second-order valence-electron chi connectivity index (χ2n) is 6.61. The summed E-state index contributed by atoms with van der Waals surface area (Å²) in [4.78, 5) is 4.65. The monoisotopic (exact) mass is 339 g/mol. The molecule has 1 atom stereocenters. The van der Waals surface area contributed by atoms with Gasteiger partial charge in [-0.15, -0.1) is 10.2 Å². The van der Waals surface area contributed by atoms with Crippen LogP contribution in [0.25, 0.3) is 0 Å². The Morgan fingerprint density at radius 2 is 2.16 bits per heavy atom. The van der Waals surface area contributed by atoms with E-state index in [2.05, 4.69) is 26.6 Å². The molecule has 2 aromatic heterocycles. The van der Waals surface area contributed by atoms with Gasteiger partial charge >= 0.3 is 0 Å². The van der Waals surface area contributed by atoms with E-state index in [0.717, 1.165) is 44.4 Å².